The first-order chi connectivity index (χ1) is 11.5. The summed E-state index contributed by atoms with van der Waals surface area (Å²) in [7, 11) is 0. The Morgan fingerprint density at radius 1 is 1.00 bits per heavy atom. The Morgan fingerprint density at radius 3 is 2.33 bits per heavy atom. The summed E-state index contributed by atoms with van der Waals surface area (Å²) in [6.45, 7) is 2.63. The summed E-state index contributed by atoms with van der Waals surface area (Å²) in [5.41, 5.74) is 1.97. The first kappa shape index (κ1) is 18.3. The van der Waals surface area contributed by atoms with Gasteiger partial charge in [0, 0.05) is 17.8 Å². The number of carbonyl (C=O) groups is 2. The average molecular weight is 365 g/mol. The molecule has 0 saturated heterocycles. The van der Waals surface area contributed by atoms with E-state index in [1.807, 2.05) is 6.92 Å². The molecular weight excluding hydrogens is 347 g/mol. The van der Waals surface area contributed by atoms with Gasteiger partial charge in [0.15, 0.2) is 0 Å². The fourth-order valence-electron chi connectivity index (χ4n) is 2.09. The average Bonchev–Trinajstić information content (AvgIpc) is 2.56. The molecule has 126 valence electrons. The van der Waals surface area contributed by atoms with Crippen LogP contribution in [-0.2, 0) is 11.2 Å². The van der Waals surface area contributed by atoms with Gasteiger partial charge >= 0.3 is 0 Å². The fourth-order valence-corrected chi connectivity index (χ4v) is 2.41. The lowest BCUT2D eigenvalue weighted by molar-refractivity contribution is -0.115. The van der Waals surface area contributed by atoms with Crippen molar-refractivity contribution in [2.24, 2.45) is 0 Å². The zero-order chi connectivity index (χ0) is 17.5. The predicted octanol–water partition coefficient (Wildman–Crippen LogP) is 4.31. The minimum atomic E-state index is -0.170. The monoisotopic (exact) mass is 364 g/mol. The number of hydrogen-bond acceptors (Lipinski definition) is 2. The summed E-state index contributed by atoms with van der Waals surface area (Å²) < 4.78 is 0. The summed E-state index contributed by atoms with van der Waals surface area (Å²) in [6, 6.07) is 11.9. The van der Waals surface area contributed by atoms with E-state index in [4.69, 9.17) is 23.2 Å². The largest absolute Gasteiger partial charge is 0.352 e. The zero-order valence-corrected chi connectivity index (χ0v) is 14.7. The van der Waals surface area contributed by atoms with Gasteiger partial charge in [-0.3, -0.25) is 9.59 Å². The van der Waals surface area contributed by atoms with Crippen molar-refractivity contribution in [3.05, 3.63) is 63.6 Å². The van der Waals surface area contributed by atoms with Gasteiger partial charge in [0.05, 0.1) is 16.5 Å². The van der Waals surface area contributed by atoms with E-state index < -0.39 is 0 Å². The van der Waals surface area contributed by atoms with E-state index >= 15 is 0 Å². The van der Waals surface area contributed by atoms with Crippen LogP contribution in [0.15, 0.2) is 42.5 Å². The molecule has 6 heteroatoms. The molecule has 0 bridgehead atoms. The molecule has 24 heavy (non-hydrogen) atoms. The highest BCUT2D eigenvalue weighted by molar-refractivity contribution is 6.42. The molecule has 0 unspecified atom stereocenters. The highest BCUT2D eigenvalue weighted by Gasteiger charge is 2.08. The maximum absolute atomic E-state index is 12.1. The molecule has 0 spiro atoms. The van der Waals surface area contributed by atoms with Crippen LogP contribution in [0.5, 0.6) is 0 Å². The lowest BCUT2D eigenvalue weighted by Gasteiger charge is -2.08. The van der Waals surface area contributed by atoms with Gasteiger partial charge in [0.25, 0.3) is 5.91 Å². The number of carbonyl (C=O) groups excluding carboxylic acids is 2. The van der Waals surface area contributed by atoms with Crippen molar-refractivity contribution < 1.29 is 9.59 Å². The van der Waals surface area contributed by atoms with Gasteiger partial charge in [0.1, 0.15) is 0 Å². The van der Waals surface area contributed by atoms with E-state index in [1.54, 1.807) is 42.5 Å². The van der Waals surface area contributed by atoms with Crippen LogP contribution in [0.25, 0.3) is 0 Å². The van der Waals surface area contributed by atoms with Crippen LogP contribution in [0.2, 0.25) is 10.0 Å². The van der Waals surface area contributed by atoms with Crippen molar-refractivity contribution in [1.82, 2.24) is 5.32 Å². The van der Waals surface area contributed by atoms with E-state index in [0.29, 0.717) is 27.8 Å². The van der Waals surface area contributed by atoms with Crippen molar-refractivity contribution >= 4 is 40.7 Å². The molecule has 2 amide bonds. The maximum atomic E-state index is 12.1. The predicted molar refractivity (Wildman–Crippen MR) is 97.9 cm³/mol. The van der Waals surface area contributed by atoms with Gasteiger partial charge in [-0.1, -0.05) is 36.2 Å². The van der Waals surface area contributed by atoms with E-state index in [9.17, 15) is 9.59 Å². The van der Waals surface area contributed by atoms with Crippen molar-refractivity contribution in [1.29, 1.82) is 0 Å². The number of hydrogen-bond donors (Lipinski definition) is 2. The van der Waals surface area contributed by atoms with E-state index in [1.165, 1.54) is 0 Å². The van der Waals surface area contributed by atoms with Crippen LogP contribution >= 0.6 is 23.2 Å². The molecule has 2 rings (SSSR count). The SMILES string of the molecule is CCCNC(=O)c1ccc(NC(=O)Cc2ccc(Cl)c(Cl)c2)cc1. The summed E-state index contributed by atoms with van der Waals surface area (Å²) in [6.07, 6.45) is 1.07. The maximum Gasteiger partial charge on any atom is 0.251 e. The second-order valence-electron chi connectivity index (χ2n) is 5.31. The molecule has 0 aliphatic heterocycles. The van der Waals surface area contributed by atoms with Crippen LogP contribution in [0, 0.1) is 0 Å². The van der Waals surface area contributed by atoms with Gasteiger partial charge in [0.2, 0.25) is 5.91 Å². The molecule has 2 aromatic rings. The zero-order valence-electron chi connectivity index (χ0n) is 13.2. The number of halogens is 2. The van der Waals surface area contributed by atoms with E-state index in [0.717, 1.165) is 12.0 Å². The minimum Gasteiger partial charge on any atom is -0.352 e. The van der Waals surface area contributed by atoms with Crippen LogP contribution in [0.4, 0.5) is 5.69 Å². The molecule has 0 atom stereocenters. The molecule has 2 aromatic carbocycles. The standard InChI is InChI=1S/C18H18Cl2N2O2/c1-2-9-21-18(24)13-4-6-14(7-5-13)22-17(23)11-12-3-8-15(19)16(20)10-12/h3-8,10H,2,9,11H2,1H3,(H,21,24)(H,22,23). The third kappa shape index (κ3) is 5.25. The number of benzene rings is 2. The Labute approximate surface area is 151 Å². The molecule has 0 fully saturated rings. The number of anilines is 1. The topological polar surface area (TPSA) is 58.2 Å². The Kier molecular flexibility index (Phi) is 6.64. The van der Waals surface area contributed by atoms with Crippen molar-refractivity contribution in [3.63, 3.8) is 0 Å². The Morgan fingerprint density at radius 2 is 1.71 bits per heavy atom. The van der Waals surface area contributed by atoms with Crippen molar-refractivity contribution in [2.75, 3.05) is 11.9 Å². The summed E-state index contributed by atoms with van der Waals surface area (Å²) in [5, 5.41) is 6.47. The van der Waals surface area contributed by atoms with Crippen molar-refractivity contribution in [2.45, 2.75) is 19.8 Å². The first-order valence-electron chi connectivity index (χ1n) is 7.61. The van der Waals surface area contributed by atoms with Crippen LogP contribution in [-0.4, -0.2) is 18.4 Å². The highest BCUT2D eigenvalue weighted by Crippen LogP contribution is 2.23. The first-order valence-corrected chi connectivity index (χ1v) is 8.37. The number of rotatable bonds is 6. The minimum absolute atomic E-state index is 0.120. The fraction of sp³-hybridized carbons (Fsp3) is 0.222. The van der Waals surface area contributed by atoms with Gasteiger partial charge in [-0.25, -0.2) is 0 Å². The third-order valence-corrected chi connectivity index (χ3v) is 4.05. The van der Waals surface area contributed by atoms with E-state index in [-0.39, 0.29) is 18.2 Å². The molecule has 0 radical (unpaired) electrons. The van der Waals surface area contributed by atoms with E-state index in [2.05, 4.69) is 10.6 Å². The molecule has 0 aliphatic carbocycles. The van der Waals surface area contributed by atoms with Crippen LogP contribution in [0.3, 0.4) is 0 Å². The third-order valence-electron chi connectivity index (χ3n) is 3.32. The molecule has 0 aromatic heterocycles. The van der Waals surface area contributed by atoms with Gasteiger partial charge in [-0.05, 0) is 48.4 Å². The molecule has 0 saturated carbocycles. The van der Waals surface area contributed by atoms with Crippen LogP contribution in [0.1, 0.15) is 29.3 Å². The van der Waals surface area contributed by atoms with Crippen LogP contribution < -0.4 is 10.6 Å². The number of nitrogens with one attached hydrogen (secondary N) is 2. The molecule has 4 nitrogen and oxygen atoms in total. The van der Waals surface area contributed by atoms with Gasteiger partial charge in [-0.2, -0.15) is 0 Å². The highest BCUT2D eigenvalue weighted by atomic mass is 35.5. The molecule has 0 heterocycles. The second-order valence-corrected chi connectivity index (χ2v) is 6.12. The lowest BCUT2D eigenvalue weighted by Crippen LogP contribution is -2.23. The Hall–Kier alpha value is -2.04. The summed E-state index contributed by atoms with van der Waals surface area (Å²) in [5.74, 6) is -0.290. The molecular formula is C18H18Cl2N2O2. The quantitative estimate of drug-likeness (QED) is 0.801. The Balaban J connectivity index is 1.94. The second kappa shape index (κ2) is 8.71. The van der Waals surface area contributed by atoms with Gasteiger partial charge in [-0.15, -0.1) is 0 Å². The lowest BCUT2D eigenvalue weighted by atomic mass is 10.1. The summed E-state index contributed by atoms with van der Waals surface area (Å²) >= 11 is 11.8. The van der Waals surface area contributed by atoms with Crippen molar-refractivity contribution in [3.8, 4) is 0 Å². The number of amides is 2. The van der Waals surface area contributed by atoms with Gasteiger partial charge < -0.3 is 10.6 Å². The molecule has 0 aliphatic rings. The normalized spacial score (nSPS) is 10.3. The summed E-state index contributed by atoms with van der Waals surface area (Å²) in [4.78, 5) is 23.9. The molecule has 2 N–H and O–H groups in total. The smallest absolute Gasteiger partial charge is 0.251 e. The Bertz CT molecular complexity index is 730.